The van der Waals surface area contributed by atoms with Crippen LogP contribution >= 0.6 is 0 Å². The predicted molar refractivity (Wildman–Crippen MR) is 112 cm³/mol. The molecule has 2 heterocycles. The molecule has 8 heteroatoms. The molecule has 2 aromatic carbocycles. The number of benzene rings is 2. The maximum Gasteiger partial charge on any atom is 0.251 e. The quantitative estimate of drug-likeness (QED) is 0.699. The first-order chi connectivity index (χ1) is 14.6. The number of anilines is 1. The maximum atomic E-state index is 12.5. The summed E-state index contributed by atoms with van der Waals surface area (Å²) in [6, 6.07) is 16.9. The van der Waals surface area contributed by atoms with Crippen LogP contribution in [0.2, 0.25) is 0 Å². The summed E-state index contributed by atoms with van der Waals surface area (Å²) < 4.78 is 5.02. The molecule has 1 aliphatic rings. The summed E-state index contributed by atoms with van der Waals surface area (Å²) in [4.78, 5) is 32.8. The highest BCUT2D eigenvalue weighted by atomic mass is 16.5. The minimum absolute atomic E-state index is 0.00649. The number of hydrogen-bond acceptors (Lipinski definition) is 6. The van der Waals surface area contributed by atoms with Gasteiger partial charge < -0.3 is 19.6 Å². The van der Waals surface area contributed by atoms with E-state index in [1.807, 2.05) is 30.3 Å². The normalized spacial score (nSPS) is 13.9. The van der Waals surface area contributed by atoms with E-state index in [2.05, 4.69) is 20.4 Å². The van der Waals surface area contributed by atoms with E-state index in [0.29, 0.717) is 30.4 Å². The molecule has 0 aliphatic carbocycles. The average Bonchev–Trinajstić information content (AvgIpc) is 3.24. The predicted octanol–water partition coefficient (Wildman–Crippen LogP) is 2.12. The van der Waals surface area contributed by atoms with Crippen molar-refractivity contribution in [2.75, 3.05) is 37.6 Å². The molecule has 3 aromatic rings. The standard InChI is InChI=1S/C22H23N5O3/c1-16-24-21(25-30-16)17-7-9-19(10-8-17)26-11-13-27(14-12-26)20(28)15-23-22(29)18-5-3-2-4-6-18/h2-10H,11-15H2,1H3,(H,23,29). The Morgan fingerprint density at radius 1 is 1.00 bits per heavy atom. The van der Waals surface area contributed by atoms with Crippen molar-refractivity contribution in [2.45, 2.75) is 6.92 Å². The molecule has 0 bridgehead atoms. The number of hydrogen-bond donors (Lipinski definition) is 1. The van der Waals surface area contributed by atoms with Gasteiger partial charge in [0.15, 0.2) is 0 Å². The van der Waals surface area contributed by atoms with Gasteiger partial charge in [-0.1, -0.05) is 23.4 Å². The largest absolute Gasteiger partial charge is 0.368 e. The lowest BCUT2D eigenvalue weighted by molar-refractivity contribution is -0.130. The second-order valence-electron chi connectivity index (χ2n) is 7.10. The van der Waals surface area contributed by atoms with E-state index in [0.717, 1.165) is 24.3 Å². The summed E-state index contributed by atoms with van der Waals surface area (Å²) in [5, 5.41) is 6.63. The summed E-state index contributed by atoms with van der Waals surface area (Å²) in [5.41, 5.74) is 2.54. The number of carbonyl (C=O) groups is 2. The minimum atomic E-state index is -0.237. The maximum absolute atomic E-state index is 12.5. The Balaban J connectivity index is 1.27. The summed E-state index contributed by atoms with van der Waals surface area (Å²) in [5.74, 6) is 0.808. The van der Waals surface area contributed by atoms with E-state index in [9.17, 15) is 9.59 Å². The SMILES string of the molecule is Cc1nc(-c2ccc(N3CCN(C(=O)CNC(=O)c4ccccc4)CC3)cc2)no1. The Hall–Kier alpha value is -3.68. The lowest BCUT2D eigenvalue weighted by atomic mass is 10.1. The molecule has 0 radical (unpaired) electrons. The zero-order chi connectivity index (χ0) is 20.9. The molecule has 1 saturated heterocycles. The molecule has 30 heavy (non-hydrogen) atoms. The van der Waals surface area contributed by atoms with Crippen molar-refractivity contribution in [3.8, 4) is 11.4 Å². The second kappa shape index (κ2) is 8.77. The number of nitrogens with zero attached hydrogens (tertiary/aromatic N) is 4. The third-order valence-corrected chi connectivity index (χ3v) is 5.09. The summed E-state index contributed by atoms with van der Waals surface area (Å²) in [6.07, 6.45) is 0. The van der Waals surface area contributed by atoms with E-state index < -0.39 is 0 Å². The van der Waals surface area contributed by atoms with Crippen LogP contribution in [0.1, 0.15) is 16.2 Å². The van der Waals surface area contributed by atoms with Gasteiger partial charge in [-0.2, -0.15) is 4.98 Å². The number of piperazine rings is 1. The first-order valence-electron chi connectivity index (χ1n) is 9.87. The van der Waals surface area contributed by atoms with Gasteiger partial charge in [0.05, 0.1) is 6.54 Å². The van der Waals surface area contributed by atoms with Gasteiger partial charge in [0.25, 0.3) is 5.91 Å². The molecule has 2 amide bonds. The molecule has 8 nitrogen and oxygen atoms in total. The van der Waals surface area contributed by atoms with E-state index in [1.54, 1.807) is 36.1 Å². The van der Waals surface area contributed by atoms with Gasteiger partial charge in [-0.25, -0.2) is 0 Å². The van der Waals surface area contributed by atoms with Crippen molar-refractivity contribution < 1.29 is 14.1 Å². The average molecular weight is 405 g/mol. The van der Waals surface area contributed by atoms with E-state index in [4.69, 9.17) is 4.52 Å². The highest BCUT2D eigenvalue weighted by Crippen LogP contribution is 2.22. The van der Waals surface area contributed by atoms with Crippen molar-refractivity contribution >= 4 is 17.5 Å². The van der Waals surface area contributed by atoms with Crippen LogP contribution in [-0.2, 0) is 4.79 Å². The molecule has 0 atom stereocenters. The van der Waals surface area contributed by atoms with Crippen LogP contribution in [0.15, 0.2) is 59.1 Å². The van der Waals surface area contributed by atoms with Crippen molar-refractivity contribution in [2.24, 2.45) is 0 Å². The fraction of sp³-hybridized carbons (Fsp3) is 0.273. The van der Waals surface area contributed by atoms with Gasteiger partial charge in [0, 0.05) is 49.9 Å². The zero-order valence-corrected chi connectivity index (χ0v) is 16.7. The van der Waals surface area contributed by atoms with E-state index >= 15 is 0 Å². The second-order valence-corrected chi connectivity index (χ2v) is 7.10. The molecule has 154 valence electrons. The highest BCUT2D eigenvalue weighted by molar-refractivity contribution is 5.96. The molecule has 0 unspecified atom stereocenters. The Morgan fingerprint density at radius 3 is 2.33 bits per heavy atom. The van der Waals surface area contributed by atoms with E-state index in [1.165, 1.54) is 0 Å². The van der Waals surface area contributed by atoms with E-state index in [-0.39, 0.29) is 18.4 Å². The van der Waals surface area contributed by atoms with Crippen LogP contribution in [0, 0.1) is 6.92 Å². The Kier molecular flexibility index (Phi) is 5.74. The Morgan fingerprint density at radius 2 is 1.70 bits per heavy atom. The topological polar surface area (TPSA) is 91.6 Å². The smallest absolute Gasteiger partial charge is 0.251 e. The van der Waals surface area contributed by atoms with Gasteiger partial charge in [-0.15, -0.1) is 0 Å². The molecule has 0 saturated carbocycles. The fourth-order valence-corrected chi connectivity index (χ4v) is 3.41. The number of nitrogens with one attached hydrogen (secondary N) is 1. The highest BCUT2D eigenvalue weighted by Gasteiger charge is 2.22. The molecular weight excluding hydrogens is 382 g/mol. The summed E-state index contributed by atoms with van der Waals surface area (Å²) >= 11 is 0. The Bertz CT molecular complexity index is 1010. The lowest BCUT2D eigenvalue weighted by Crippen LogP contribution is -2.51. The molecule has 1 N–H and O–H groups in total. The third-order valence-electron chi connectivity index (χ3n) is 5.09. The molecular formula is C22H23N5O3. The van der Waals surface area contributed by atoms with Gasteiger partial charge in [-0.05, 0) is 36.4 Å². The zero-order valence-electron chi connectivity index (χ0n) is 16.7. The monoisotopic (exact) mass is 405 g/mol. The molecule has 1 fully saturated rings. The minimum Gasteiger partial charge on any atom is -0.368 e. The first kappa shape index (κ1) is 19.6. The number of aromatic nitrogens is 2. The summed E-state index contributed by atoms with van der Waals surface area (Å²) in [6.45, 7) is 4.47. The van der Waals surface area contributed by atoms with Gasteiger partial charge in [0.2, 0.25) is 17.6 Å². The fourth-order valence-electron chi connectivity index (χ4n) is 3.41. The van der Waals surface area contributed by atoms with Crippen LogP contribution in [0.4, 0.5) is 5.69 Å². The van der Waals surface area contributed by atoms with Gasteiger partial charge in [-0.3, -0.25) is 9.59 Å². The van der Waals surface area contributed by atoms with Gasteiger partial charge in [0.1, 0.15) is 0 Å². The van der Waals surface area contributed by atoms with Crippen molar-refractivity contribution in [3.05, 3.63) is 66.1 Å². The number of aryl methyl sites for hydroxylation is 1. The Labute approximate surface area is 174 Å². The van der Waals surface area contributed by atoms with Crippen LogP contribution < -0.4 is 10.2 Å². The number of rotatable bonds is 5. The van der Waals surface area contributed by atoms with Crippen LogP contribution in [0.5, 0.6) is 0 Å². The first-order valence-corrected chi connectivity index (χ1v) is 9.87. The molecule has 4 rings (SSSR count). The molecule has 0 spiro atoms. The van der Waals surface area contributed by atoms with Crippen molar-refractivity contribution in [1.82, 2.24) is 20.4 Å². The summed E-state index contributed by atoms with van der Waals surface area (Å²) in [7, 11) is 0. The van der Waals surface area contributed by atoms with Gasteiger partial charge >= 0.3 is 0 Å². The number of amides is 2. The molecule has 1 aromatic heterocycles. The van der Waals surface area contributed by atoms with Crippen LogP contribution in [-0.4, -0.2) is 59.6 Å². The molecule has 1 aliphatic heterocycles. The van der Waals surface area contributed by atoms with Crippen molar-refractivity contribution in [1.29, 1.82) is 0 Å². The van der Waals surface area contributed by atoms with Crippen LogP contribution in [0.3, 0.4) is 0 Å². The van der Waals surface area contributed by atoms with Crippen molar-refractivity contribution in [3.63, 3.8) is 0 Å². The lowest BCUT2D eigenvalue weighted by Gasteiger charge is -2.36. The third kappa shape index (κ3) is 4.48. The number of carbonyl (C=O) groups excluding carboxylic acids is 2. The van der Waals surface area contributed by atoms with Crippen LogP contribution in [0.25, 0.3) is 11.4 Å².